The summed E-state index contributed by atoms with van der Waals surface area (Å²) in [5.41, 5.74) is 3.31. The normalized spacial score (nSPS) is 10.8. The van der Waals surface area contributed by atoms with Gasteiger partial charge in [-0.1, -0.05) is 59.6 Å². The van der Waals surface area contributed by atoms with E-state index in [9.17, 15) is 4.79 Å². The van der Waals surface area contributed by atoms with Crippen LogP contribution in [0.1, 0.15) is 32.2 Å². The van der Waals surface area contributed by atoms with E-state index < -0.39 is 0 Å². The van der Waals surface area contributed by atoms with Crippen LogP contribution in [0.3, 0.4) is 0 Å². The quantitative estimate of drug-likeness (QED) is 0.321. The van der Waals surface area contributed by atoms with Crippen LogP contribution >= 0.6 is 34.5 Å². The number of thiazole rings is 1. The number of carbonyl (C=O) groups excluding carboxylic acids is 1. The summed E-state index contributed by atoms with van der Waals surface area (Å²) >= 11 is 14.0. The van der Waals surface area contributed by atoms with Crippen LogP contribution in [0.15, 0.2) is 78.4 Å². The molecule has 2 aromatic heterocycles. The molecular formula is C24H19Cl2N3OS. The zero-order valence-electron chi connectivity index (χ0n) is 16.5. The number of amides is 1. The summed E-state index contributed by atoms with van der Waals surface area (Å²) in [7, 11) is 0. The zero-order valence-corrected chi connectivity index (χ0v) is 18.9. The monoisotopic (exact) mass is 467 g/mol. The second kappa shape index (κ2) is 10.1. The van der Waals surface area contributed by atoms with Gasteiger partial charge in [0, 0.05) is 47.3 Å². The van der Waals surface area contributed by atoms with Gasteiger partial charge in [-0.25, -0.2) is 4.98 Å². The van der Waals surface area contributed by atoms with Gasteiger partial charge in [0.2, 0.25) is 0 Å². The fourth-order valence-electron chi connectivity index (χ4n) is 3.22. The van der Waals surface area contributed by atoms with Crippen LogP contribution in [-0.4, -0.2) is 20.8 Å². The first-order valence-corrected chi connectivity index (χ1v) is 11.3. The number of aromatic nitrogens is 2. The first kappa shape index (κ1) is 21.5. The number of benzene rings is 2. The minimum atomic E-state index is -0.117. The largest absolute Gasteiger partial charge is 0.329 e. The zero-order chi connectivity index (χ0) is 21.6. The average molecular weight is 468 g/mol. The predicted octanol–water partition coefficient (Wildman–Crippen LogP) is 6.28. The van der Waals surface area contributed by atoms with E-state index in [1.54, 1.807) is 34.8 Å². The molecule has 0 bridgehead atoms. The Morgan fingerprint density at radius 2 is 1.52 bits per heavy atom. The molecule has 0 aliphatic heterocycles. The highest BCUT2D eigenvalue weighted by atomic mass is 35.5. The fraction of sp³-hybridized carbons (Fsp3) is 0.125. The van der Waals surface area contributed by atoms with Gasteiger partial charge in [0.1, 0.15) is 5.69 Å². The predicted molar refractivity (Wildman–Crippen MR) is 126 cm³/mol. The van der Waals surface area contributed by atoms with Crippen LogP contribution in [0.4, 0.5) is 0 Å². The number of hydrogen-bond acceptors (Lipinski definition) is 4. The van der Waals surface area contributed by atoms with E-state index >= 15 is 0 Å². The Morgan fingerprint density at radius 1 is 0.871 bits per heavy atom. The van der Waals surface area contributed by atoms with Crippen molar-refractivity contribution in [3.8, 4) is 0 Å². The number of pyridine rings is 1. The lowest BCUT2D eigenvalue weighted by Crippen LogP contribution is -2.30. The van der Waals surface area contributed by atoms with E-state index in [1.165, 1.54) is 11.3 Å². The summed E-state index contributed by atoms with van der Waals surface area (Å²) in [6.45, 7) is 0.963. The Balaban J connectivity index is 1.56. The molecule has 0 aliphatic rings. The number of hydrogen-bond donors (Lipinski definition) is 0. The number of halogens is 2. The van der Waals surface area contributed by atoms with E-state index in [-0.39, 0.29) is 5.91 Å². The number of nitrogens with zero attached hydrogens (tertiary/aromatic N) is 3. The summed E-state index contributed by atoms with van der Waals surface area (Å²) < 4.78 is 0. The lowest BCUT2D eigenvalue weighted by atomic mass is 10.1. The van der Waals surface area contributed by atoms with Gasteiger partial charge in [-0.2, -0.15) is 0 Å². The molecule has 0 atom stereocenters. The maximum Gasteiger partial charge on any atom is 0.273 e. The highest BCUT2D eigenvalue weighted by Crippen LogP contribution is 2.28. The Kier molecular flexibility index (Phi) is 6.97. The first-order chi connectivity index (χ1) is 15.1. The smallest absolute Gasteiger partial charge is 0.273 e. The molecule has 2 aromatic carbocycles. The maximum atomic E-state index is 13.4. The van der Waals surface area contributed by atoms with E-state index in [4.69, 9.17) is 23.2 Å². The highest BCUT2D eigenvalue weighted by molar-refractivity contribution is 7.09. The van der Waals surface area contributed by atoms with Crippen molar-refractivity contribution < 1.29 is 4.79 Å². The fourth-order valence-corrected chi connectivity index (χ4v) is 4.53. The van der Waals surface area contributed by atoms with Crippen molar-refractivity contribution in [3.05, 3.63) is 116 Å². The van der Waals surface area contributed by atoms with Crippen LogP contribution in [-0.2, 0) is 19.5 Å². The van der Waals surface area contributed by atoms with Crippen LogP contribution < -0.4 is 0 Å². The first-order valence-electron chi connectivity index (χ1n) is 9.69. The molecule has 0 N–H and O–H groups in total. The van der Waals surface area contributed by atoms with Crippen molar-refractivity contribution in [3.63, 3.8) is 0 Å². The van der Waals surface area contributed by atoms with Crippen molar-refractivity contribution in [1.82, 2.24) is 14.9 Å². The van der Waals surface area contributed by atoms with Crippen LogP contribution in [0, 0.1) is 0 Å². The third-order valence-electron chi connectivity index (χ3n) is 4.79. The van der Waals surface area contributed by atoms with Gasteiger partial charge in [0.05, 0.1) is 5.01 Å². The summed E-state index contributed by atoms with van der Waals surface area (Å²) in [6, 6.07) is 19.2. The van der Waals surface area contributed by atoms with Gasteiger partial charge < -0.3 is 4.90 Å². The number of carbonyl (C=O) groups is 1. The molecule has 1 amide bonds. The van der Waals surface area contributed by atoms with Crippen molar-refractivity contribution >= 4 is 40.4 Å². The van der Waals surface area contributed by atoms with Crippen LogP contribution in [0.25, 0.3) is 0 Å². The average Bonchev–Trinajstić information content (AvgIpc) is 3.26. The summed E-state index contributed by atoms with van der Waals surface area (Å²) in [4.78, 5) is 23.8. The van der Waals surface area contributed by atoms with E-state index in [0.717, 1.165) is 21.7 Å². The van der Waals surface area contributed by atoms with Gasteiger partial charge in [0.25, 0.3) is 5.91 Å². The van der Waals surface area contributed by atoms with Crippen molar-refractivity contribution in [2.75, 3.05) is 0 Å². The molecule has 31 heavy (non-hydrogen) atoms. The van der Waals surface area contributed by atoms with Gasteiger partial charge >= 0.3 is 0 Å². The van der Waals surface area contributed by atoms with Crippen molar-refractivity contribution in [2.45, 2.75) is 19.5 Å². The Hall–Kier alpha value is -2.73. The Morgan fingerprint density at radius 3 is 2.19 bits per heavy atom. The van der Waals surface area contributed by atoms with Gasteiger partial charge in [-0.05, 0) is 41.0 Å². The van der Waals surface area contributed by atoms with Crippen LogP contribution in [0.2, 0.25) is 10.0 Å². The van der Waals surface area contributed by atoms with Gasteiger partial charge in [-0.3, -0.25) is 9.78 Å². The standard InChI is InChI=1S/C24H19Cl2N3OS/c25-20-7-4-8-21(26)19(20)13-23-28-22(16-31-23)24(30)29(14-17-5-2-1-3-6-17)15-18-9-11-27-12-10-18/h1-12,16H,13-15H2. The summed E-state index contributed by atoms with van der Waals surface area (Å²) in [6.07, 6.45) is 3.95. The SMILES string of the molecule is O=C(c1csc(Cc2c(Cl)cccc2Cl)n1)N(Cc1ccccc1)Cc1ccncc1. The molecule has 156 valence electrons. The molecule has 0 saturated carbocycles. The van der Waals surface area contributed by atoms with Crippen molar-refractivity contribution in [1.29, 1.82) is 0 Å². The molecular weight excluding hydrogens is 449 g/mol. The molecule has 0 radical (unpaired) electrons. The molecule has 0 aliphatic carbocycles. The third kappa shape index (κ3) is 5.50. The molecule has 0 fully saturated rings. The minimum Gasteiger partial charge on any atom is -0.329 e. The highest BCUT2D eigenvalue weighted by Gasteiger charge is 2.20. The molecule has 4 aromatic rings. The lowest BCUT2D eigenvalue weighted by Gasteiger charge is -2.22. The van der Waals surface area contributed by atoms with Crippen LogP contribution in [0.5, 0.6) is 0 Å². The van der Waals surface area contributed by atoms with Gasteiger partial charge in [-0.15, -0.1) is 11.3 Å². The summed E-state index contributed by atoms with van der Waals surface area (Å²) in [5.74, 6) is -0.117. The molecule has 4 nitrogen and oxygen atoms in total. The van der Waals surface area contributed by atoms with E-state index in [2.05, 4.69) is 9.97 Å². The molecule has 0 saturated heterocycles. The molecule has 7 heteroatoms. The van der Waals surface area contributed by atoms with Crippen molar-refractivity contribution in [2.24, 2.45) is 0 Å². The topological polar surface area (TPSA) is 46.1 Å². The second-order valence-corrected chi connectivity index (χ2v) is 8.76. The molecule has 4 rings (SSSR count). The van der Waals surface area contributed by atoms with E-state index in [1.807, 2.05) is 48.5 Å². The maximum absolute atomic E-state index is 13.4. The Labute approximate surface area is 195 Å². The second-order valence-electron chi connectivity index (χ2n) is 7.01. The molecule has 0 spiro atoms. The summed E-state index contributed by atoms with van der Waals surface area (Å²) in [5, 5.41) is 3.78. The lowest BCUT2D eigenvalue weighted by molar-refractivity contribution is 0.0724. The number of rotatable bonds is 7. The van der Waals surface area contributed by atoms with Gasteiger partial charge in [0.15, 0.2) is 0 Å². The molecule has 2 heterocycles. The molecule has 0 unspecified atom stereocenters. The minimum absolute atomic E-state index is 0.117. The van der Waals surface area contributed by atoms with E-state index in [0.29, 0.717) is 35.2 Å². The Bertz CT molecular complexity index is 1100. The third-order valence-corrected chi connectivity index (χ3v) is 6.34.